The number of carbonyl (C=O) groups excluding carboxylic acids is 2. The zero-order valence-corrected chi connectivity index (χ0v) is 19.3. The predicted octanol–water partition coefficient (Wildman–Crippen LogP) is 4.99. The summed E-state index contributed by atoms with van der Waals surface area (Å²) in [6, 6.07) is 16.6. The molecule has 0 saturated heterocycles. The zero-order chi connectivity index (χ0) is 24.7. The van der Waals surface area contributed by atoms with E-state index in [1.165, 1.54) is 30.2 Å². The summed E-state index contributed by atoms with van der Waals surface area (Å²) >= 11 is 0.984. The van der Waals surface area contributed by atoms with Gasteiger partial charge in [-0.15, -0.1) is 0 Å². The number of carbonyl (C=O) groups is 2. The lowest BCUT2D eigenvalue weighted by Gasteiger charge is -2.22. The van der Waals surface area contributed by atoms with Gasteiger partial charge in [0.2, 0.25) is 5.91 Å². The standard InChI is InChI=1S/C24H22FN3O5S/c1-3-27(15-23(29)26-16-7-6-8-18(13-16)33-2)24(30)19-14-17(28(31)32)11-12-21(19)34-22-10-5-4-9-20(22)25/h4-14H,3,15H2,1-2H3,(H,26,29). The molecular formula is C24H22FN3O5S. The second-order valence-corrected chi connectivity index (χ2v) is 8.15. The number of hydrogen-bond donors (Lipinski definition) is 1. The van der Waals surface area contributed by atoms with Crippen molar-refractivity contribution in [2.75, 3.05) is 25.5 Å². The Morgan fingerprint density at radius 1 is 1.09 bits per heavy atom. The molecule has 3 aromatic carbocycles. The summed E-state index contributed by atoms with van der Waals surface area (Å²) < 4.78 is 19.3. The van der Waals surface area contributed by atoms with Crippen molar-refractivity contribution in [2.45, 2.75) is 16.7 Å². The largest absolute Gasteiger partial charge is 0.497 e. The Morgan fingerprint density at radius 2 is 1.85 bits per heavy atom. The van der Waals surface area contributed by atoms with Gasteiger partial charge in [-0.25, -0.2) is 4.39 Å². The van der Waals surface area contributed by atoms with E-state index >= 15 is 0 Å². The van der Waals surface area contributed by atoms with Crippen molar-refractivity contribution in [1.82, 2.24) is 4.90 Å². The average Bonchev–Trinajstić information content (AvgIpc) is 2.83. The van der Waals surface area contributed by atoms with Crippen LogP contribution in [0.4, 0.5) is 15.8 Å². The van der Waals surface area contributed by atoms with E-state index < -0.39 is 22.6 Å². The van der Waals surface area contributed by atoms with E-state index in [1.807, 2.05) is 0 Å². The van der Waals surface area contributed by atoms with Crippen LogP contribution in [-0.4, -0.2) is 41.8 Å². The molecule has 1 N–H and O–H groups in total. The number of halogens is 1. The van der Waals surface area contributed by atoms with Crippen LogP contribution in [0.15, 0.2) is 76.5 Å². The van der Waals surface area contributed by atoms with Crippen molar-refractivity contribution in [3.05, 3.63) is 88.2 Å². The molecule has 0 aliphatic carbocycles. The minimum absolute atomic E-state index is 0.0125. The second kappa shape index (κ2) is 11.3. The lowest BCUT2D eigenvalue weighted by molar-refractivity contribution is -0.384. The first-order valence-corrected chi connectivity index (χ1v) is 11.1. The summed E-state index contributed by atoms with van der Waals surface area (Å²) in [5.41, 5.74) is 0.232. The molecule has 0 saturated carbocycles. The average molecular weight is 484 g/mol. The summed E-state index contributed by atoms with van der Waals surface area (Å²) in [6.45, 7) is 1.59. The third-order valence-corrected chi connectivity index (χ3v) is 5.94. The van der Waals surface area contributed by atoms with Gasteiger partial charge in [0, 0.05) is 40.2 Å². The fraction of sp³-hybridized carbons (Fsp3) is 0.167. The van der Waals surface area contributed by atoms with Crippen LogP contribution in [0.3, 0.4) is 0 Å². The van der Waals surface area contributed by atoms with Gasteiger partial charge in [-0.2, -0.15) is 0 Å². The fourth-order valence-electron chi connectivity index (χ4n) is 3.11. The molecule has 10 heteroatoms. The number of amides is 2. The highest BCUT2D eigenvalue weighted by molar-refractivity contribution is 7.99. The number of rotatable bonds is 9. The lowest BCUT2D eigenvalue weighted by atomic mass is 10.1. The Bertz CT molecular complexity index is 1220. The number of hydrogen-bond acceptors (Lipinski definition) is 6. The van der Waals surface area contributed by atoms with Crippen LogP contribution < -0.4 is 10.1 Å². The quantitative estimate of drug-likeness (QED) is 0.340. The van der Waals surface area contributed by atoms with Gasteiger partial charge in [0.05, 0.1) is 17.6 Å². The second-order valence-electron chi connectivity index (χ2n) is 7.07. The first kappa shape index (κ1) is 24.7. The van der Waals surface area contributed by atoms with Crippen molar-refractivity contribution in [3.63, 3.8) is 0 Å². The number of benzene rings is 3. The lowest BCUT2D eigenvalue weighted by Crippen LogP contribution is -2.38. The maximum atomic E-state index is 14.2. The molecule has 0 unspecified atom stereocenters. The van der Waals surface area contributed by atoms with E-state index in [0.717, 1.165) is 17.8 Å². The molecule has 34 heavy (non-hydrogen) atoms. The number of ether oxygens (including phenoxy) is 1. The maximum Gasteiger partial charge on any atom is 0.270 e. The number of nitrogens with zero attached hydrogens (tertiary/aromatic N) is 2. The summed E-state index contributed by atoms with van der Waals surface area (Å²) in [4.78, 5) is 38.5. The number of likely N-dealkylation sites (N-methyl/N-ethyl adjacent to an activating group) is 1. The molecule has 3 aromatic rings. The molecular weight excluding hydrogens is 461 g/mol. The van der Waals surface area contributed by atoms with Crippen molar-refractivity contribution in [3.8, 4) is 5.75 Å². The molecule has 2 amide bonds. The molecule has 0 fully saturated rings. The van der Waals surface area contributed by atoms with Gasteiger partial charge in [-0.3, -0.25) is 19.7 Å². The predicted molar refractivity (Wildman–Crippen MR) is 127 cm³/mol. The molecule has 8 nitrogen and oxygen atoms in total. The van der Waals surface area contributed by atoms with Gasteiger partial charge in [0.25, 0.3) is 11.6 Å². The Labute approximate surface area is 199 Å². The van der Waals surface area contributed by atoms with E-state index in [-0.39, 0.29) is 29.2 Å². The van der Waals surface area contributed by atoms with Crippen molar-refractivity contribution in [2.24, 2.45) is 0 Å². The molecule has 0 radical (unpaired) electrons. The van der Waals surface area contributed by atoms with Crippen LogP contribution in [-0.2, 0) is 4.79 Å². The minimum atomic E-state index is -0.611. The van der Waals surface area contributed by atoms with E-state index in [2.05, 4.69) is 5.32 Å². The fourth-order valence-corrected chi connectivity index (χ4v) is 4.05. The third kappa shape index (κ3) is 6.10. The topological polar surface area (TPSA) is 102 Å². The first-order valence-electron chi connectivity index (χ1n) is 10.3. The van der Waals surface area contributed by atoms with E-state index in [1.54, 1.807) is 49.4 Å². The highest BCUT2D eigenvalue weighted by Crippen LogP contribution is 2.34. The smallest absolute Gasteiger partial charge is 0.270 e. The van der Waals surface area contributed by atoms with Crippen LogP contribution in [0.1, 0.15) is 17.3 Å². The summed E-state index contributed by atoms with van der Waals surface area (Å²) in [5.74, 6) is -0.940. The van der Waals surface area contributed by atoms with Gasteiger partial charge in [0.1, 0.15) is 18.1 Å². The van der Waals surface area contributed by atoms with Crippen molar-refractivity contribution in [1.29, 1.82) is 0 Å². The number of methoxy groups -OCH3 is 1. The first-order chi connectivity index (χ1) is 16.3. The zero-order valence-electron chi connectivity index (χ0n) is 18.5. The molecule has 0 heterocycles. The maximum absolute atomic E-state index is 14.2. The van der Waals surface area contributed by atoms with Crippen LogP contribution in [0.25, 0.3) is 0 Å². The molecule has 0 bridgehead atoms. The number of nitrogens with one attached hydrogen (secondary N) is 1. The monoisotopic (exact) mass is 483 g/mol. The van der Waals surface area contributed by atoms with E-state index in [4.69, 9.17) is 4.74 Å². The Kier molecular flexibility index (Phi) is 8.20. The van der Waals surface area contributed by atoms with Gasteiger partial charge < -0.3 is 15.0 Å². The Morgan fingerprint density at radius 3 is 2.53 bits per heavy atom. The molecule has 0 atom stereocenters. The van der Waals surface area contributed by atoms with Crippen molar-refractivity contribution >= 4 is 35.0 Å². The van der Waals surface area contributed by atoms with Crippen molar-refractivity contribution < 1.29 is 23.6 Å². The Hall–Kier alpha value is -3.92. The normalized spacial score (nSPS) is 10.4. The highest BCUT2D eigenvalue weighted by Gasteiger charge is 2.24. The van der Waals surface area contributed by atoms with Crippen LogP contribution in [0, 0.1) is 15.9 Å². The Balaban J connectivity index is 1.85. The molecule has 0 aromatic heterocycles. The molecule has 3 rings (SSSR count). The summed E-state index contributed by atoms with van der Waals surface area (Å²) in [5, 5.41) is 14.0. The number of anilines is 1. The van der Waals surface area contributed by atoms with E-state index in [0.29, 0.717) is 16.3 Å². The van der Waals surface area contributed by atoms with Crippen LogP contribution in [0.5, 0.6) is 5.75 Å². The highest BCUT2D eigenvalue weighted by atomic mass is 32.2. The van der Waals surface area contributed by atoms with Gasteiger partial charge in [-0.05, 0) is 37.3 Å². The summed E-state index contributed by atoms with van der Waals surface area (Å²) in [6.07, 6.45) is 0. The third-order valence-electron chi connectivity index (χ3n) is 4.82. The van der Waals surface area contributed by atoms with Gasteiger partial charge in [0.15, 0.2) is 0 Å². The SMILES string of the molecule is CCN(CC(=O)Nc1cccc(OC)c1)C(=O)c1cc([N+](=O)[O-])ccc1Sc1ccccc1F. The molecule has 176 valence electrons. The molecule has 0 aliphatic heterocycles. The number of nitro benzene ring substituents is 1. The molecule has 0 spiro atoms. The summed E-state index contributed by atoms with van der Waals surface area (Å²) in [7, 11) is 1.51. The molecule has 0 aliphatic rings. The van der Waals surface area contributed by atoms with Gasteiger partial charge >= 0.3 is 0 Å². The van der Waals surface area contributed by atoms with Crippen LogP contribution >= 0.6 is 11.8 Å². The number of non-ortho nitro benzene ring substituents is 1. The van der Waals surface area contributed by atoms with Gasteiger partial charge in [-0.1, -0.05) is 30.0 Å². The van der Waals surface area contributed by atoms with E-state index in [9.17, 15) is 24.1 Å². The van der Waals surface area contributed by atoms with Crippen LogP contribution in [0.2, 0.25) is 0 Å². The minimum Gasteiger partial charge on any atom is -0.497 e. The number of nitro groups is 1.